The van der Waals surface area contributed by atoms with Gasteiger partial charge in [-0.15, -0.1) is 0 Å². The number of likely N-dealkylation sites (N-methyl/N-ethyl adjacent to an activating group) is 1. The zero-order chi connectivity index (χ0) is 17.7. The lowest BCUT2D eigenvalue weighted by Crippen LogP contribution is -2.38. The molecule has 1 atom stereocenters. The van der Waals surface area contributed by atoms with Crippen LogP contribution < -0.4 is 5.32 Å². The van der Waals surface area contributed by atoms with E-state index in [1.165, 1.54) is 30.6 Å². The SMILES string of the molecule is CCN(CC(=O)Nc1nc2ccc(F)cc2s1)CC(C)C(=O)OC. The van der Waals surface area contributed by atoms with Crippen molar-refractivity contribution in [3.8, 4) is 0 Å². The van der Waals surface area contributed by atoms with Crippen LogP contribution in [0, 0.1) is 11.7 Å². The summed E-state index contributed by atoms with van der Waals surface area (Å²) in [5.74, 6) is -1.18. The Bertz CT molecular complexity index is 734. The molecule has 0 bridgehead atoms. The number of rotatable bonds is 7. The van der Waals surface area contributed by atoms with Crippen molar-refractivity contribution in [2.75, 3.05) is 32.1 Å². The molecule has 1 unspecified atom stereocenters. The number of esters is 1. The van der Waals surface area contributed by atoms with Crippen molar-refractivity contribution in [3.63, 3.8) is 0 Å². The topological polar surface area (TPSA) is 71.5 Å². The fraction of sp³-hybridized carbons (Fsp3) is 0.438. The molecule has 0 fully saturated rings. The Balaban J connectivity index is 1.96. The Morgan fingerprint density at radius 2 is 2.21 bits per heavy atom. The van der Waals surface area contributed by atoms with Gasteiger partial charge >= 0.3 is 5.97 Å². The van der Waals surface area contributed by atoms with E-state index in [4.69, 9.17) is 4.74 Å². The second-order valence-electron chi connectivity index (χ2n) is 5.43. The van der Waals surface area contributed by atoms with E-state index < -0.39 is 0 Å². The fourth-order valence-corrected chi connectivity index (χ4v) is 3.19. The van der Waals surface area contributed by atoms with Gasteiger partial charge in [-0.2, -0.15) is 0 Å². The van der Waals surface area contributed by atoms with Crippen LogP contribution in [0.2, 0.25) is 0 Å². The maximum absolute atomic E-state index is 13.2. The first-order valence-electron chi connectivity index (χ1n) is 7.59. The molecule has 1 aromatic carbocycles. The van der Waals surface area contributed by atoms with Crippen LogP contribution in [0.5, 0.6) is 0 Å². The molecule has 1 amide bonds. The molecule has 6 nitrogen and oxygen atoms in total. The summed E-state index contributed by atoms with van der Waals surface area (Å²) >= 11 is 1.22. The summed E-state index contributed by atoms with van der Waals surface area (Å²) in [7, 11) is 1.35. The van der Waals surface area contributed by atoms with Crippen LogP contribution in [0.3, 0.4) is 0 Å². The molecule has 0 saturated carbocycles. The number of fused-ring (bicyclic) bond motifs is 1. The normalized spacial score (nSPS) is 12.4. The summed E-state index contributed by atoms with van der Waals surface area (Å²) in [5, 5.41) is 3.15. The molecule has 8 heteroatoms. The van der Waals surface area contributed by atoms with Crippen LogP contribution in [-0.4, -0.2) is 48.5 Å². The van der Waals surface area contributed by atoms with Gasteiger partial charge in [-0.1, -0.05) is 25.2 Å². The summed E-state index contributed by atoms with van der Waals surface area (Å²) < 4.78 is 18.6. The van der Waals surface area contributed by atoms with E-state index in [2.05, 4.69) is 10.3 Å². The third-order valence-electron chi connectivity index (χ3n) is 3.55. The van der Waals surface area contributed by atoms with Gasteiger partial charge in [0.1, 0.15) is 5.82 Å². The van der Waals surface area contributed by atoms with Gasteiger partial charge in [0, 0.05) is 6.54 Å². The monoisotopic (exact) mass is 353 g/mol. The molecule has 2 aromatic rings. The molecule has 2 rings (SSSR count). The van der Waals surface area contributed by atoms with Crippen LogP contribution in [0.25, 0.3) is 10.2 Å². The van der Waals surface area contributed by atoms with E-state index in [9.17, 15) is 14.0 Å². The maximum atomic E-state index is 13.2. The van der Waals surface area contributed by atoms with Crippen molar-refractivity contribution in [1.82, 2.24) is 9.88 Å². The first-order valence-corrected chi connectivity index (χ1v) is 8.40. The molecular formula is C16H20FN3O3S. The highest BCUT2D eigenvalue weighted by molar-refractivity contribution is 7.22. The van der Waals surface area contributed by atoms with E-state index in [0.717, 1.165) is 0 Å². The Labute approximate surface area is 143 Å². The number of ether oxygens (including phenoxy) is 1. The number of thiazole rings is 1. The Kier molecular flexibility index (Phi) is 6.22. The van der Waals surface area contributed by atoms with Gasteiger partial charge in [-0.05, 0) is 24.7 Å². The number of methoxy groups -OCH3 is 1. The largest absolute Gasteiger partial charge is 0.469 e. The molecular weight excluding hydrogens is 333 g/mol. The highest BCUT2D eigenvalue weighted by Crippen LogP contribution is 2.26. The standard InChI is InChI=1S/C16H20FN3O3S/c1-4-20(8-10(2)15(22)23-3)9-14(21)19-16-18-12-6-5-11(17)7-13(12)24-16/h5-7,10H,4,8-9H2,1-3H3,(H,18,19,21). The quantitative estimate of drug-likeness (QED) is 0.775. The van der Waals surface area contributed by atoms with Gasteiger partial charge in [0.25, 0.3) is 0 Å². The van der Waals surface area contributed by atoms with E-state index in [-0.39, 0.29) is 30.2 Å². The highest BCUT2D eigenvalue weighted by atomic mass is 32.1. The minimum absolute atomic E-state index is 0.141. The first kappa shape index (κ1) is 18.3. The molecule has 0 aliphatic carbocycles. The lowest BCUT2D eigenvalue weighted by Gasteiger charge is -2.22. The number of nitrogens with zero attached hydrogens (tertiary/aromatic N) is 2. The lowest BCUT2D eigenvalue weighted by atomic mass is 10.1. The fourth-order valence-electron chi connectivity index (χ4n) is 2.28. The number of anilines is 1. The molecule has 0 radical (unpaired) electrons. The number of benzene rings is 1. The molecule has 1 aromatic heterocycles. The van der Waals surface area contributed by atoms with Gasteiger partial charge in [0.15, 0.2) is 5.13 Å². The number of halogens is 1. The van der Waals surface area contributed by atoms with Crippen molar-refractivity contribution >= 4 is 38.6 Å². The van der Waals surface area contributed by atoms with Crippen molar-refractivity contribution in [1.29, 1.82) is 0 Å². The van der Waals surface area contributed by atoms with Gasteiger partial charge < -0.3 is 10.1 Å². The second-order valence-corrected chi connectivity index (χ2v) is 6.46. The zero-order valence-corrected chi connectivity index (χ0v) is 14.7. The number of amides is 1. The highest BCUT2D eigenvalue weighted by Gasteiger charge is 2.19. The number of aromatic nitrogens is 1. The first-order chi connectivity index (χ1) is 11.4. The van der Waals surface area contributed by atoms with Crippen molar-refractivity contribution in [2.45, 2.75) is 13.8 Å². The molecule has 0 aliphatic heterocycles. The summed E-state index contributed by atoms with van der Waals surface area (Å²) in [5.41, 5.74) is 0.642. The smallest absolute Gasteiger partial charge is 0.309 e. The molecule has 0 spiro atoms. The minimum Gasteiger partial charge on any atom is -0.469 e. The molecule has 0 aliphatic rings. The molecule has 0 saturated heterocycles. The van der Waals surface area contributed by atoms with Crippen molar-refractivity contribution in [3.05, 3.63) is 24.0 Å². The van der Waals surface area contributed by atoms with Gasteiger partial charge in [0.2, 0.25) is 5.91 Å². The minimum atomic E-state index is -0.335. The van der Waals surface area contributed by atoms with E-state index in [1.807, 2.05) is 11.8 Å². The van der Waals surface area contributed by atoms with Gasteiger partial charge in [-0.25, -0.2) is 9.37 Å². The summed E-state index contributed by atoms with van der Waals surface area (Å²) in [6.07, 6.45) is 0. The molecule has 24 heavy (non-hydrogen) atoms. The Morgan fingerprint density at radius 1 is 1.46 bits per heavy atom. The van der Waals surface area contributed by atoms with Crippen LogP contribution in [-0.2, 0) is 14.3 Å². The summed E-state index contributed by atoms with van der Waals surface area (Å²) in [4.78, 5) is 29.8. The van der Waals surface area contributed by atoms with Gasteiger partial charge in [-0.3, -0.25) is 14.5 Å². The average molecular weight is 353 g/mol. The molecule has 1 heterocycles. The molecule has 1 N–H and O–H groups in total. The number of nitrogens with one attached hydrogen (secondary N) is 1. The lowest BCUT2D eigenvalue weighted by molar-refractivity contribution is -0.145. The predicted molar refractivity (Wildman–Crippen MR) is 91.5 cm³/mol. The average Bonchev–Trinajstić information content (AvgIpc) is 2.94. The van der Waals surface area contributed by atoms with E-state index in [1.54, 1.807) is 13.0 Å². The van der Waals surface area contributed by atoms with E-state index >= 15 is 0 Å². The Morgan fingerprint density at radius 3 is 2.88 bits per heavy atom. The number of hydrogen-bond acceptors (Lipinski definition) is 6. The Hall–Kier alpha value is -2.06. The van der Waals surface area contributed by atoms with Crippen LogP contribution in [0.1, 0.15) is 13.8 Å². The predicted octanol–water partition coefficient (Wildman–Crippen LogP) is 2.50. The number of carbonyl (C=O) groups excluding carboxylic acids is 2. The summed E-state index contributed by atoms with van der Waals surface area (Å²) in [6.45, 7) is 4.87. The van der Waals surface area contributed by atoms with Crippen LogP contribution in [0.15, 0.2) is 18.2 Å². The third-order valence-corrected chi connectivity index (χ3v) is 4.48. The molecule has 130 valence electrons. The van der Waals surface area contributed by atoms with Crippen LogP contribution in [0.4, 0.5) is 9.52 Å². The third kappa shape index (κ3) is 4.72. The number of carbonyl (C=O) groups is 2. The second kappa shape index (κ2) is 8.16. The van der Waals surface area contributed by atoms with Crippen molar-refractivity contribution in [2.24, 2.45) is 5.92 Å². The maximum Gasteiger partial charge on any atom is 0.309 e. The van der Waals surface area contributed by atoms with Crippen LogP contribution >= 0.6 is 11.3 Å². The summed E-state index contributed by atoms with van der Waals surface area (Å²) in [6, 6.07) is 4.30. The van der Waals surface area contributed by atoms with E-state index in [0.29, 0.717) is 28.4 Å². The van der Waals surface area contributed by atoms with Crippen molar-refractivity contribution < 1.29 is 18.7 Å². The van der Waals surface area contributed by atoms with Gasteiger partial charge in [0.05, 0.1) is 29.8 Å². The number of hydrogen-bond donors (Lipinski definition) is 1. The zero-order valence-electron chi connectivity index (χ0n) is 13.8.